The monoisotopic (exact) mass is 295 g/mol. The Kier molecular flexibility index (Phi) is 4.71. The van der Waals surface area contributed by atoms with Gasteiger partial charge in [-0.1, -0.05) is 18.5 Å². The van der Waals surface area contributed by atoms with Crippen molar-refractivity contribution in [3.05, 3.63) is 34.3 Å². The Hall–Kier alpha value is -1.06. The molecule has 0 heterocycles. The molecule has 2 N–H and O–H groups in total. The molecule has 0 unspecified atom stereocenters. The summed E-state index contributed by atoms with van der Waals surface area (Å²) in [5.74, 6) is 0.540. The van der Waals surface area contributed by atoms with Crippen molar-refractivity contribution < 1.29 is 9.90 Å². The van der Waals surface area contributed by atoms with Crippen LogP contribution in [0.2, 0.25) is 5.02 Å². The summed E-state index contributed by atoms with van der Waals surface area (Å²) in [6, 6.07) is 5.25. The number of carbonyl (C=O) groups excluding carboxylic acids is 1. The van der Waals surface area contributed by atoms with E-state index in [-0.39, 0.29) is 12.5 Å². The number of aliphatic hydroxyl groups is 1. The van der Waals surface area contributed by atoms with Crippen molar-refractivity contribution in [2.75, 3.05) is 6.61 Å². The molecule has 110 valence electrons. The lowest BCUT2D eigenvalue weighted by Crippen LogP contribution is -2.53. The van der Waals surface area contributed by atoms with Crippen LogP contribution in [0.3, 0.4) is 0 Å². The van der Waals surface area contributed by atoms with Crippen molar-refractivity contribution in [2.45, 2.75) is 45.1 Å². The first-order valence-electron chi connectivity index (χ1n) is 7.15. The Bertz CT molecular complexity index is 493. The third kappa shape index (κ3) is 3.33. The van der Waals surface area contributed by atoms with Crippen LogP contribution in [0.4, 0.5) is 0 Å². The van der Waals surface area contributed by atoms with Gasteiger partial charge in [-0.3, -0.25) is 4.79 Å². The zero-order valence-corrected chi connectivity index (χ0v) is 12.8. The van der Waals surface area contributed by atoms with Gasteiger partial charge in [-0.15, -0.1) is 0 Å². The fourth-order valence-corrected chi connectivity index (χ4v) is 2.85. The third-order valence-corrected chi connectivity index (χ3v) is 4.76. The van der Waals surface area contributed by atoms with Crippen molar-refractivity contribution in [3.8, 4) is 0 Å². The fraction of sp³-hybridized carbons (Fsp3) is 0.562. The molecule has 1 aromatic carbocycles. The second kappa shape index (κ2) is 6.15. The molecule has 4 heteroatoms. The molecule has 0 radical (unpaired) electrons. The van der Waals surface area contributed by atoms with Gasteiger partial charge in [0.1, 0.15) is 0 Å². The van der Waals surface area contributed by atoms with Crippen molar-refractivity contribution in [1.82, 2.24) is 5.32 Å². The van der Waals surface area contributed by atoms with Crippen LogP contribution in [0.5, 0.6) is 0 Å². The molecule has 0 saturated heterocycles. The zero-order chi connectivity index (χ0) is 14.8. The van der Waals surface area contributed by atoms with E-state index in [9.17, 15) is 9.90 Å². The summed E-state index contributed by atoms with van der Waals surface area (Å²) in [6.45, 7) is 4.09. The summed E-state index contributed by atoms with van der Waals surface area (Å²) < 4.78 is 0. The van der Waals surface area contributed by atoms with Crippen molar-refractivity contribution in [3.63, 3.8) is 0 Å². The van der Waals surface area contributed by atoms with Crippen molar-refractivity contribution in [2.24, 2.45) is 5.92 Å². The molecule has 1 saturated carbocycles. The number of aliphatic hydroxyl groups excluding tert-OH is 1. The van der Waals surface area contributed by atoms with Crippen LogP contribution in [-0.4, -0.2) is 23.2 Å². The number of halogens is 1. The van der Waals surface area contributed by atoms with Crippen LogP contribution in [0.1, 0.15) is 48.5 Å². The van der Waals surface area contributed by atoms with E-state index in [0.29, 0.717) is 16.5 Å². The second-order valence-corrected chi connectivity index (χ2v) is 6.45. The molecule has 1 aromatic rings. The van der Waals surface area contributed by atoms with Gasteiger partial charge in [0.2, 0.25) is 0 Å². The Labute approximate surface area is 125 Å². The van der Waals surface area contributed by atoms with E-state index < -0.39 is 5.54 Å². The van der Waals surface area contributed by atoms with E-state index in [4.69, 9.17) is 11.6 Å². The highest BCUT2D eigenvalue weighted by Crippen LogP contribution is 2.32. The molecule has 0 aromatic heterocycles. The highest BCUT2D eigenvalue weighted by Gasteiger charge is 2.35. The van der Waals surface area contributed by atoms with Crippen molar-refractivity contribution in [1.29, 1.82) is 0 Å². The van der Waals surface area contributed by atoms with Gasteiger partial charge in [-0.25, -0.2) is 0 Å². The van der Waals surface area contributed by atoms with Crippen LogP contribution in [0.15, 0.2) is 18.2 Å². The number of hydrogen-bond acceptors (Lipinski definition) is 2. The predicted molar refractivity (Wildman–Crippen MR) is 81.1 cm³/mol. The van der Waals surface area contributed by atoms with E-state index in [1.165, 1.54) is 0 Å². The SMILES string of the molecule is Cc1cc(C(=O)NC2(CO)CCC(C)CC2)ccc1Cl. The number of nitrogens with one attached hydrogen (secondary N) is 1. The average Bonchev–Trinajstić information content (AvgIpc) is 2.44. The minimum atomic E-state index is -0.461. The van der Waals surface area contributed by atoms with Gasteiger partial charge in [0, 0.05) is 10.6 Å². The standard InChI is InChI=1S/C16H22ClNO2/c1-11-5-7-16(10-19,8-6-11)18-15(20)13-3-4-14(17)12(2)9-13/h3-4,9,11,19H,5-8,10H2,1-2H3,(H,18,20). The Balaban J connectivity index is 2.11. The van der Waals surface area contributed by atoms with E-state index in [0.717, 1.165) is 31.2 Å². The number of benzene rings is 1. The first-order chi connectivity index (χ1) is 9.46. The highest BCUT2D eigenvalue weighted by molar-refractivity contribution is 6.31. The Morgan fingerprint density at radius 1 is 1.45 bits per heavy atom. The van der Waals surface area contributed by atoms with Gasteiger partial charge in [0.05, 0.1) is 12.1 Å². The largest absolute Gasteiger partial charge is 0.394 e. The van der Waals surface area contributed by atoms with Gasteiger partial charge >= 0.3 is 0 Å². The molecule has 3 nitrogen and oxygen atoms in total. The first-order valence-corrected chi connectivity index (χ1v) is 7.53. The molecular weight excluding hydrogens is 274 g/mol. The quantitative estimate of drug-likeness (QED) is 0.899. The minimum absolute atomic E-state index is 0.00195. The van der Waals surface area contributed by atoms with Gasteiger partial charge < -0.3 is 10.4 Å². The summed E-state index contributed by atoms with van der Waals surface area (Å²) in [4.78, 5) is 12.4. The maximum Gasteiger partial charge on any atom is 0.251 e. The molecule has 1 aliphatic carbocycles. The zero-order valence-electron chi connectivity index (χ0n) is 12.1. The summed E-state index contributed by atoms with van der Waals surface area (Å²) >= 11 is 5.98. The minimum Gasteiger partial charge on any atom is -0.394 e. The molecule has 0 aliphatic heterocycles. The maximum absolute atomic E-state index is 12.4. The molecule has 1 fully saturated rings. The van der Waals surface area contributed by atoms with Crippen LogP contribution < -0.4 is 5.32 Å². The van der Waals surface area contributed by atoms with E-state index in [1.807, 2.05) is 6.92 Å². The first kappa shape index (κ1) is 15.3. The fourth-order valence-electron chi connectivity index (χ4n) is 2.74. The predicted octanol–water partition coefficient (Wildman–Crippen LogP) is 3.32. The van der Waals surface area contributed by atoms with Gasteiger partial charge in [0.15, 0.2) is 0 Å². The molecule has 1 amide bonds. The maximum atomic E-state index is 12.4. The van der Waals surface area contributed by atoms with Crippen molar-refractivity contribution >= 4 is 17.5 Å². The van der Waals surface area contributed by atoms with Gasteiger partial charge in [-0.05, 0) is 62.3 Å². The number of rotatable bonds is 3. The van der Waals surface area contributed by atoms with Crippen LogP contribution in [0, 0.1) is 12.8 Å². The number of aryl methyl sites for hydroxylation is 1. The third-order valence-electron chi connectivity index (χ3n) is 4.33. The summed E-state index contributed by atoms with van der Waals surface area (Å²) in [5.41, 5.74) is 1.02. The number of hydrogen-bond donors (Lipinski definition) is 2. The van der Waals surface area contributed by atoms with Crippen LogP contribution >= 0.6 is 11.6 Å². The topological polar surface area (TPSA) is 49.3 Å². The number of carbonyl (C=O) groups is 1. The Morgan fingerprint density at radius 2 is 2.10 bits per heavy atom. The van der Waals surface area contributed by atoms with Gasteiger partial charge in [0.25, 0.3) is 5.91 Å². The van der Waals surface area contributed by atoms with E-state index in [1.54, 1.807) is 18.2 Å². The highest BCUT2D eigenvalue weighted by atomic mass is 35.5. The summed E-state index contributed by atoms with van der Waals surface area (Å²) in [5, 5.41) is 13.4. The summed E-state index contributed by atoms with van der Waals surface area (Å²) in [6.07, 6.45) is 3.76. The van der Waals surface area contributed by atoms with Gasteiger partial charge in [-0.2, -0.15) is 0 Å². The van der Waals surface area contributed by atoms with Crippen LogP contribution in [0.25, 0.3) is 0 Å². The smallest absolute Gasteiger partial charge is 0.251 e. The van der Waals surface area contributed by atoms with E-state index >= 15 is 0 Å². The number of amides is 1. The normalized spacial score (nSPS) is 26.3. The molecule has 0 bridgehead atoms. The molecular formula is C16H22ClNO2. The molecule has 0 spiro atoms. The lowest BCUT2D eigenvalue weighted by molar-refractivity contribution is 0.0717. The van der Waals surface area contributed by atoms with E-state index in [2.05, 4.69) is 12.2 Å². The lowest BCUT2D eigenvalue weighted by atomic mass is 9.77. The molecule has 2 rings (SSSR count). The molecule has 0 atom stereocenters. The molecule has 20 heavy (non-hydrogen) atoms. The molecule has 1 aliphatic rings. The lowest BCUT2D eigenvalue weighted by Gasteiger charge is -2.38. The van der Waals surface area contributed by atoms with Crippen LogP contribution in [-0.2, 0) is 0 Å². The Morgan fingerprint density at radius 3 is 2.65 bits per heavy atom. The average molecular weight is 296 g/mol. The second-order valence-electron chi connectivity index (χ2n) is 6.04. The summed E-state index contributed by atoms with van der Waals surface area (Å²) in [7, 11) is 0.